The molecule has 0 bridgehead atoms. The molecule has 1 saturated heterocycles. The summed E-state index contributed by atoms with van der Waals surface area (Å²) in [5.74, 6) is 0.230. The van der Waals surface area contributed by atoms with Crippen molar-refractivity contribution in [2.24, 2.45) is 0 Å². The van der Waals surface area contributed by atoms with Gasteiger partial charge in [0, 0.05) is 23.6 Å². The maximum Gasteiger partial charge on any atom is 0.227 e. The third kappa shape index (κ3) is 3.33. The standard InChI is InChI=1S/C14H19BrN2O/c1-2-17(13-7-8-16-10-13)14(18)9-11-3-5-12(15)6-4-11/h3-6,13,16H,2,7-10H2,1H3. The van der Waals surface area contributed by atoms with Crippen LogP contribution >= 0.6 is 15.9 Å². The van der Waals surface area contributed by atoms with E-state index < -0.39 is 0 Å². The van der Waals surface area contributed by atoms with E-state index in [-0.39, 0.29) is 5.91 Å². The van der Waals surface area contributed by atoms with E-state index in [1.165, 1.54) is 0 Å². The van der Waals surface area contributed by atoms with Gasteiger partial charge in [0.25, 0.3) is 0 Å². The van der Waals surface area contributed by atoms with Crippen molar-refractivity contribution in [1.82, 2.24) is 10.2 Å². The first-order chi connectivity index (χ1) is 8.70. The van der Waals surface area contributed by atoms with E-state index in [1.807, 2.05) is 29.2 Å². The maximum absolute atomic E-state index is 12.3. The van der Waals surface area contributed by atoms with Crippen molar-refractivity contribution in [2.45, 2.75) is 25.8 Å². The average molecular weight is 311 g/mol. The Morgan fingerprint density at radius 1 is 1.44 bits per heavy atom. The van der Waals surface area contributed by atoms with Gasteiger partial charge in [-0.1, -0.05) is 28.1 Å². The number of hydrogen-bond donors (Lipinski definition) is 1. The Morgan fingerprint density at radius 2 is 2.17 bits per heavy atom. The number of rotatable bonds is 4. The molecular weight excluding hydrogens is 292 g/mol. The summed E-state index contributed by atoms with van der Waals surface area (Å²) in [5.41, 5.74) is 1.08. The zero-order chi connectivity index (χ0) is 13.0. The Bertz CT molecular complexity index is 399. The second-order valence-electron chi connectivity index (χ2n) is 4.63. The van der Waals surface area contributed by atoms with Gasteiger partial charge >= 0.3 is 0 Å². The normalized spacial score (nSPS) is 18.9. The van der Waals surface area contributed by atoms with E-state index in [9.17, 15) is 4.79 Å². The predicted octanol–water partition coefficient (Wildman–Crippen LogP) is 2.20. The second-order valence-corrected chi connectivity index (χ2v) is 5.55. The first-order valence-electron chi connectivity index (χ1n) is 6.45. The molecule has 1 aliphatic rings. The van der Waals surface area contributed by atoms with E-state index in [1.54, 1.807) is 0 Å². The van der Waals surface area contributed by atoms with Crippen LogP contribution < -0.4 is 5.32 Å². The van der Waals surface area contributed by atoms with Crippen LogP contribution in [0.25, 0.3) is 0 Å². The van der Waals surface area contributed by atoms with Gasteiger partial charge in [0.2, 0.25) is 5.91 Å². The quantitative estimate of drug-likeness (QED) is 0.924. The van der Waals surface area contributed by atoms with Crippen LogP contribution in [0.1, 0.15) is 18.9 Å². The van der Waals surface area contributed by atoms with Gasteiger partial charge in [0.15, 0.2) is 0 Å². The van der Waals surface area contributed by atoms with E-state index in [0.717, 1.165) is 36.1 Å². The van der Waals surface area contributed by atoms with Gasteiger partial charge in [-0.25, -0.2) is 0 Å². The third-order valence-electron chi connectivity index (χ3n) is 3.40. The van der Waals surface area contributed by atoms with Gasteiger partial charge in [-0.05, 0) is 37.6 Å². The van der Waals surface area contributed by atoms with Crippen LogP contribution in [0, 0.1) is 0 Å². The van der Waals surface area contributed by atoms with Gasteiger partial charge in [-0.2, -0.15) is 0 Å². The van der Waals surface area contributed by atoms with Crippen molar-refractivity contribution in [3.63, 3.8) is 0 Å². The highest BCUT2D eigenvalue weighted by molar-refractivity contribution is 9.10. The minimum Gasteiger partial charge on any atom is -0.338 e. The summed E-state index contributed by atoms with van der Waals surface area (Å²) in [6, 6.07) is 8.34. The van der Waals surface area contributed by atoms with Crippen LogP contribution in [-0.4, -0.2) is 36.5 Å². The third-order valence-corrected chi connectivity index (χ3v) is 3.93. The zero-order valence-corrected chi connectivity index (χ0v) is 12.2. The number of nitrogens with zero attached hydrogens (tertiary/aromatic N) is 1. The first-order valence-corrected chi connectivity index (χ1v) is 7.24. The van der Waals surface area contributed by atoms with Crippen molar-refractivity contribution in [2.75, 3.05) is 19.6 Å². The van der Waals surface area contributed by atoms with E-state index in [2.05, 4.69) is 28.2 Å². The number of carbonyl (C=O) groups is 1. The van der Waals surface area contributed by atoms with Gasteiger partial charge in [-0.15, -0.1) is 0 Å². The van der Waals surface area contributed by atoms with Crippen molar-refractivity contribution in [1.29, 1.82) is 0 Å². The van der Waals surface area contributed by atoms with Crippen LogP contribution in [-0.2, 0) is 11.2 Å². The molecule has 98 valence electrons. The lowest BCUT2D eigenvalue weighted by atomic mass is 10.1. The van der Waals surface area contributed by atoms with Crippen molar-refractivity contribution < 1.29 is 4.79 Å². The molecule has 1 aromatic carbocycles. The number of nitrogens with one attached hydrogen (secondary N) is 1. The van der Waals surface area contributed by atoms with Crippen LogP contribution in [0.5, 0.6) is 0 Å². The van der Waals surface area contributed by atoms with Crippen LogP contribution in [0.3, 0.4) is 0 Å². The highest BCUT2D eigenvalue weighted by atomic mass is 79.9. The fourth-order valence-corrected chi connectivity index (χ4v) is 2.69. The van der Waals surface area contributed by atoms with E-state index >= 15 is 0 Å². The first kappa shape index (κ1) is 13.6. The summed E-state index contributed by atoms with van der Waals surface area (Å²) in [6.45, 7) is 4.80. The predicted molar refractivity (Wildman–Crippen MR) is 76.5 cm³/mol. The molecule has 1 heterocycles. The lowest BCUT2D eigenvalue weighted by Crippen LogP contribution is -2.42. The molecule has 1 aromatic rings. The summed E-state index contributed by atoms with van der Waals surface area (Å²) in [6.07, 6.45) is 1.57. The molecule has 1 unspecified atom stereocenters. The summed E-state index contributed by atoms with van der Waals surface area (Å²) >= 11 is 3.40. The van der Waals surface area contributed by atoms with Crippen LogP contribution in [0.15, 0.2) is 28.7 Å². The molecule has 0 saturated carbocycles. The summed E-state index contributed by atoms with van der Waals surface area (Å²) in [7, 11) is 0. The molecule has 3 nitrogen and oxygen atoms in total. The molecule has 1 fully saturated rings. The van der Waals surface area contributed by atoms with Crippen LogP contribution in [0.4, 0.5) is 0 Å². The Balaban J connectivity index is 1.98. The Hall–Kier alpha value is -0.870. The Kier molecular flexibility index (Phi) is 4.78. The molecule has 18 heavy (non-hydrogen) atoms. The topological polar surface area (TPSA) is 32.3 Å². The molecule has 1 atom stereocenters. The Morgan fingerprint density at radius 3 is 2.72 bits per heavy atom. The largest absolute Gasteiger partial charge is 0.338 e. The number of likely N-dealkylation sites (N-methyl/N-ethyl adjacent to an activating group) is 1. The maximum atomic E-state index is 12.3. The van der Waals surface area contributed by atoms with E-state index in [0.29, 0.717) is 12.5 Å². The molecule has 1 N–H and O–H groups in total. The molecule has 0 aliphatic carbocycles. The lowest BCUT2D eigenvalue weighted by Gasteiger charge is -2.27. The van der Waals surface area contributed by atoms with Gasteiger partial charge in [-0.3, -0.25) is 4.79 Å². The van der Waals surface area contributed by atoms with Gasteiger partial charge in [0.1, 0.15) is 0 Å². The van der Waals surface area contributed by atoms with Gasteiger partial charge < -0.3 is 10.2 Å². The fraction of sp³-hybridized carbons (Fsp3) is 0.500. The monoisotopic (exact) mass is 310 g/mol. The number of hydrogen-bond acceptors (Lipinski definition) is 2. The van der Waals surface area contributed by atoms with Crippen molar-refractivity contribution >= 4 is 21.8 Å². The SMILES string of the molecule is CCN(C(=O)Cc1ccc(Br)cc1)C1CCNC1. The number of amides is 1. The number of benzene rings is 1. The molecule has 1 amide bonds. The second kappa shape index (κ2) is 6.34. The molecule has 1 aliphatic heterocycles. The molecule has 0 spiro atoms. The highest BCUT2D eigenvalue weighted by Crippen LogP contribution is 2.14. The molecule has 4 heteroatoms. The van der Waals surface area contributed by atoms with Gasteiger partial charge in [0.05, 0.1) is 6.42 Å². The summed E-state index contributed by atoms with van der Waals surface area (Å²) in [4.78, 5) is 14.3. The summed E-state index contributed by atoms with van der Waals surface area (Å²) in [5, 5.41) is 3.31. The zero-order valence-electron chi connectivity index (χ0n) is 10.7. The molecular formula is C14H19BrN2O. The molecule has 0 aromatic heterocycles. The number of halogens is 1. The smallest absolute Gasteiger partial charge is 0.227 e. The van der Waals surface area contributed by atoms with Crippen molar-refractivity contribution in [3.05, 3.63) is 34.3 Å². The Labute approximate surface area is 117 Å². The summed E-state index contributed by atoms with van der Waals surface area (Å²) < 4.78 is 1.05. The number of carbonyl (C=O) groups excluding carboxylic acids is 1. The molecule has 2 rings (SSSR count). The van der Waals surface area contributed by atoms with E-state index in [4.69, 9.17) is 0 Å². The highest BCUT2D eigenvalue weighted by Gasteiger charge is 2.24. The average Bonchev–Trinajstić information content (AvgIpc) is 2.87. The minimum absolute atomic E-state index is 0.230. The lowest BCUT2D eigenvalue weighted by molar-refractivity contribution is -0.132. The minimum atomic E-state index is 0.230. The van der Waals surface area contributed by atoms with Crippen LogP contribution in [0.2, 0.25) is 0 Å². The fourth-order valence-electron chi connectivity index (χ4n) is 2.42. The molecule has 0 radical (unpaired) electrons. The van der Waals surface area contributed by atoms with Crippen molar-refractivity contribution in [3.8, 4) is 0 Å².